The highest BCUT2D eigenvalue weighted by Gasteiger charge is 2.25. The molecule has 0 fully saturated rings. The predicted octanol–water partition coefficient (Wildman–Crippen LogP) is 2.38. The minimum absolute atomic E-state index is 0.0418. The molecule has 3 rings (SSSR count). The maximum atomic E-state index is 13.2. The molecule has 2 N–H and O–H groups in total. The number of nitrogens with one attached hydrogen (secondary N) is 1. The molecule has 0 aliphatic carbocycles. The zero-order chi connectivity index (χ0) is 16.4. The Bertz CT molecular complexity index is 823. The van der Waals surface area contributed by atoms with Gasteiger partial charge in [0.05, 0.1) is 11.5 Å². The molecule has 0 saturated carbocycles. The first-order valence-electron chi connectivity index (χ1n) is 7.17. The van der Waals surface area contributed by atoms with Crippen molar-refractivity contribution in [3.05, 3.63) is 53.8 Å². The highest BCUT2D eigenvalue weighted by Crippen LogP contribution is 2.39. The van der Waals surface area contributed by atoms with Crippen molar-refractivity contribution in [3.63, 3.8) is 0 Å². The SMILES string of the molecule is O=S(=O)(NCC1CCOc2c(O)cccc21)c1cccc(F)c1. The standard InChI is InChI=1S/C16H16FNO4S/c17-12-3-1-4-13(9-12)23(20,21)18-10-11-7-8-22-16-14(11)5-2-6-15(16)19/h1-6,9,11,18-19H,7-8,10H2. The Kier molecular flexibility index (Phi) is 4.23. The molecule has 2 aromatic rings. The van der Waals surface area contributed by atoms with Crippen molar-refractivity contribution in [1.82, 2.24) is 4.72 Å². The molecule has 0 radical (unpaired) electrons. The number of aromatic hydroxyl groups is 1. The third-order valence-electron chi connectivity index (χ3n) is 3.80. The molecule has 0 spiro atoms. The molecule has 23 heavy (non-hydrogen) atoms. The van der Waals surface area contributed by atoms with Crippen LogP contribution in [0.4, 0.5) is 4.39 Å². The molecule has 2 aromatic carbocycles. The van der Waals surface area contributed by atoms with E-state index in [1.165, 1.54) is 24.3 Å². The molecule has 0 aromatic heterocycles. The van der Waals surface area contributed by atoms with Crippen molar-refractivity contribution in [1.29, 1.82) is 0 Å². The van der Waals surface area contributed by atoms with Gasteiger partial charge in [-0.3, -0.25) is 0 Å². The van der Waals surface area contributed by atoms with E-state index < -0.39 is 15.8 Å². The number of hydrogen-bond acceptors (Lipinski definition) is 4. The van der Waals surface area contributed by atoms with Crippen molar-refractivity contribution in [2.75, 3.05) is 13.2 Å². The highest BCUT2D eigenvalue weighted by molar-refractivity contribution is 7.89. The number of halogens is 1. The minimum atomic E-state index is -3.79. The fourth-order valence-electron chi connectivity index (χ4n) is 2.62. The minimum Gasteiger partial charge on any atom is -0.504 e. The van der Waals surface area contributed by atoms with Gasteiger partial charge in [0.15, 0.2) is 11.5 Å². The summed E-state index contributed by atoms with van der Waals surface area (Å²) in [5.74, 6) is -0.280. The van der Waals surface area contributed by atoms with Crippen molar-refractivity contribution >= 4 is 10.0 Å². The topological polar surface area (TPSA) is 75.6 Å². The summed E-state index contributed by atoms with van der Waals surface area (Å²) < 4.78 is 45.6. The monoisotopic (exact) mass is 337 g/mol. The fraction of sp³-hybridized carbons (Fsp3) is 0.250. The third-order valence-corrected chi connectivity index (χ3v) is 5.22. The predicted molar refractivity (Wildman–Crippen MR) is 82.5 cm³/mol. The normalized spacial score (nSPS) is 17.3. The molecule has 0 bridgehead atoms. The summed E-state index contributed by atoms with van der Waals surface area (Å²) in [6.45, 7) is 0.551. The van der Waals surface area contributed by atoms with E-state index in [1.54, 1.807) is 12.1 Å². The first kappa shape index (κ1) is 15.8. The van der Waals surface area contributed by atoms with Gasteiger partial charge in [-0.25, -0.2) is 17.5 Å². The summed E-state index contributed by atoms with van der Waals surface area (Å²) in [4.78, 5) is -0.110. The Hall–Kier alpha value is -2.12. The first-order chi connectivity index (χ1) is 11.0. The molecule has 7 heteroatoms. The van der Waals surface area contributed by atoms with Crippen LogP contribution in [-0.2, 0) is 10.0 Å². The van der Waals surface area contributed by atoms with Crippen LogP contribution >= 0.6 is 0 Å². The van der Waals surface area contributed by atoms with E-state index in [4.69, 9.17) is 4.74 Å². The van der Waals surface area contributed by atoms with Crippen LogP contribution in [0.3, 0.4) is 0 Å². The number of phenols is 1. The first-order valence-corrected chi connectivity index (χ1v) is 8.65. The lowest BCUT2D eigenvalue weighted by Gasteiger charge is -2.26. The molecule has 0 amide bonds. The van der Waals surface area contributed by atoms with Gasteiger partial charge < -0.3 is 9.84 Å². The van der Waals surface area contributed by atoms with Crippen LogP contribution in [0, 0.1) is 5.82 Å². The molecular formula is C16H16FNO4S. The summed E-state index contributed by atoms with van der Waals surface area (Å²) in [6, 6.07) is 9.88. The Morgan fingerprint density at radius 3 is 2.83 bits per heavy atom. The molecule has 5 nitrogen and oxygen atoms in total. The molecule has 1 heterocycles. The molecule has 1 aliphatic heterocycles. The zero-order valence-electron chi connectivity index (χ0n) is 12.2. The largest absolute Gasteiger partial charge is 0.504 e. The van der Waals surface area contributed by atoms with Gasteiger partial charge in [0, 0.05) is 18.0 Å². The van der Waals surface area contributed by atoms with E-state index >= 15 is 0 Å². The summed E-state index contributed by atoms with van der Waals surface area (Å²) >= 11 is 0. The highest BCUT2D eigenvalue weighted by atomic mass is 32.2. The van der Waals surface area contributed by atoms with Gasteiger partial charge in [0.1, 0.15) is 5.82 Å². The average molecular weight is 337 g/mol. The number of rotatable bonds is 4. The summed E-state index contributed by atoms with van der Waals surface area (Å²) in [5, 5.41) is 9.81. The molecule has 1 atom stereocenters. The van der Waals surface area contributed by atoms with Gasteiger partial charge in [0.2, 0.25) is 10.0 Å². The van der Waals surface area contributed by atoms with Gasteiger partial charge in [-0.2, -0.15) is 0 Å². The summed E-state index contributed by atoms with van der Waals surface area (Å²) in [7, 11) is -3.79. The van der Waals surface area contributed by atoms with Crippen LogP contribution in [0.25, 0.3) is 0 Å². The molecule has 1 aliphatic rings. The van der Waals surface area contributed by atoms with E-state index in [-0.39, 0.29) is 23.1 Å². The molecular weight excluding hydrogens is 321 g/mol. The summed E-state index contributed by atoms with van der Waals surface area (Å²) in [6.07, 6.45) is 0.627. The maximum absolute atomic E-state index is 13.2. The van der Waals surface area contributed by atoms with Crippen LogP contribution in [0.5, 0.6) is 11.5 Å². The van der Waals surface area contributed by atoms with E-state index in [2.05, 4.69) is 4.72 Å². The average Bonchev–Trinajstić information content (AvgIpc) is 2.53. The number of phenolic OH excluding ortho intramolecular Hbond substituents is 1. The smallest absolute Gasteiger partial charge is 0.240 e. The van der Waals surface area contributed by atoms with Crippen molar-refractivity contribution in [2.24, 2.45) is 0 Å². The number of benzene rings is 2. The van der Waals surface area contributed by atoms with Crippen molar-refractivity contribution < 1.29 is 22.7 Å². The van der Waals surface area contributed by atoms with Crippen LogP contribution in [0.2, 0.25) is 0 Å². The number of hydrogen-bond donors (Lipinski definition) is 2. The van der Waals surface area contributed by atoms with Crippen LogP contribution in [-0.4, -0.2) is 26.7 Å². The quantitative estimate of drug-likeness (QED) is 0.898. The second-order valence-corrected chi connectivity index (χ2v) is 7.11. The fourth-order valence-corrected chi connectivity index (χ4v) is 3.73. The van der Waals surface area contributed by atoms with E-state index in [9.17, 15) is 17.9 Å². The van der Waals surface area contributed by atoms with Gasteiger partial charge in [-0.05, 0) is 30.7 Å². The van der Waals surface area contributed by atoms with Crippen LogP contribution in [0.15, 0.2) is 47.4 Å². The maximum Gasteiger partial charge on any atom is 0.240 e. The van der Waals surface area contributed by atoms with Crippen molar-refractivity contribution in [2.45, 2.75) is 17.2 Å². The van der Waals surface area contributed by atoms with E-state index in [1.807, 2.05) is 0 Å². The second kappa shape index (κ2) is 6.17. The Morgan fingerprint density at radius 2 is 2.04 bits per heavy atom. The Labute approximate surface area is 133 Å². The second-order valence-electron chi connectivity index (χ2n) is 5.34. The van der Waals surface area contributed by atoms with Gasteiger partial charge >= 0.3 is 0 Å². The lowest BCUT2D eigenvalue weighted by molar-refractivity contribution is 0.254. The van der Waals surface area contributed by atoms with Crippen molar-refractivity contribution in [3.8, 4) is 11.5 Å². The third kappa shape index (κ3) is 3.30. The molecule has 0 saturated heterocycles. The van der Waals surface area contributed by atoms with Gasteiger partial charge in [0.25, 0.3) is 0 Å². The van der Waals surface area contributed by atoms with Gasteiger partial charge in [-0.1, -0.05) is 18.2 Å². The zero-order valence-corrected chi connectivity index (χ0v) is 13.0. The summed E-state index contributed by atoms with van der Waals surface area (Å²) in [5.41, 5.74) is 0.762. The number of ether oxygens (including phenoxy) is 1. The van der Waals surface area contributed by atoms with Crippen LogP contribution in [0.1, 0.15) is 17.9 Å². The van der Waals surface area contributed by atoms with Gasteiger partial charge in [-0.15, -0.1) is 0 Å². The molecule has 122 valence electrons. The lowest BCUT2D eigenvalue weighted by atomic mass is 9.93. The number of sulfonamides is 1. The Morgan fingerprint density at radius 1 is 1.26 bits per heavy atom. The van der Waals surface area contributed by atoms with E-state index in [0.717, 1.165) is 11.6 Å². The molecule has 1 unspecified atom stereocenters. The van der Waals surface area contributed by atoms with Crippen LogP contribution < -0.4 is 9.46 Å². The number of para-hydroxylation sites is 1. The van der Waals surface area contributed by atoms with E-state index in [0.29, 0.717) is 18.8 Å². The Balaban J connectivity index is 1.78. The number of fused-ring (bicyclic) bond motifs is 1. The lowest BCUT2D eigenvalue weighted by Crippen LogP contribution is -2.30.